The predicted molar refractivity (Wildman–Crippen MR) is 125 cm³/mol. The highest BCUT2D eigenvalue weighted by atomic mass is 28.4. The molecule has 0 aliphatic carbocycles. The van der Waals surface area contributed by atoms with Crippen LogP contribution in [-0.2, 0) is 13.9 Å². The van der Waals surface area contributed by atoms with E-state index in [-0.39, 0.29) is 23.2 Å². The minimum Gasteiger partial charge on any atom is -0.410 e. The van der Waals surface area contributed by atoms with E-state index in [1.54, 1.807) is 7.11 Å². The van der Waals surface area contributed by atoms with Gasteiger partial charge in [0.05, 0.1) is 19.3 Å². The third-order valence-electron chi connectivity index (χ3n) is 5.38. The van der Waals surface area contributed by atoms with Crippen LogP contribution < -0.4 is 0 Å². The van der Waals surface area contributed by atoms with Gasteiger partial charge in [0.25, 0.3) is 0 Å². The summed E-state index contributed by atoms with van der Waals surface area (Å²) in [6.45, 7) is 24.6. The van der Waals surface area contributed by atoms with Gasteiger partial charge in [0.2, 0.25) is 0 Å². The predicted octanol–water partition coefficient (Wildman–Crippen LogP) is 6.70. The van der Waals surface area contributed by atoms with Gasteiger partial charge in [-0.2, -0.15) is 0 Å². The number of ether oxygens (including phenoxy) is 2. The van der Waals surface area contributed by atoms with Gasteiger partial charge in [-0.25, -0.2) is 0 Å². The van der Waals surface area contributed by atoms with E-state index in [0.29, 0.717) is 13.2 Å². The lowest BCUT2D eigenvalue weighted by Gasteiger charge is -2.42. The van der Waals surface area contributed by atoms with Crippen LogP contribution in [0.4, 0.5) is 0 Å². The Labute approximate surface area is 175 Å². The maximum atomic E-state index is 6.73. The molecule has 0 heterocycles. The molecule has 0 N–H and O–H groups in total. The van der Waals surface area contributed by atoms with Gasteiger partial charge >= 0.3 is 0 Å². The second-order valence-electron chi connectivity index (χ2n) is 9.00. The summed E-state index contributed by atoms with van der Waals surface area (Å²) in [7, 11) is -0.207. The average Bonchev–Trinajstić information content (AvgIpc) is 2.60. The van der Waals surface area contributed by atoms with Crippen molar-refractivity contribution in [2.45, 2.75) is 77.8 Å². The molecule has 0 aliphatic rings. The van der Waals surface area contributed by atoms with Crippen molar-refractivity contribution in [2.75, 3.05) is 20.3 Å². The number of hydrogen-bond donors (Lipinski definition) is 0. The molecule has 3 nitrogen and oxygen atoms in total. The summed E-state index contributed by atoms with van der Waals surface area (Å²) in [5, 5.41) is 0.143. The van der Waals surface area contributed by atoms with Crippen LogP contribution in [0, 0.1) is 5.92 Å². The van der Waals surface area contributed by atoms with Gasteiger partial charge in [0, 0.05) is 13.0 Å². The molecule has 0 spiro atoms. The van der Waals surface area contributed by atoms with Crippen molar-refractivity contribution < 1.29 is 13.9 Å². The lowest BCUT2D eigenvalue weighted by Crippen LogP contribution is -2.49. The van der Waals surface area contributed by atoms with E-state index in [2.05, 4.69) is 79.1 Å². The lowest BCUT2D eigenvalue weighted by atomic mass is 9.97. The van der Waals surface area contributed by atoms with E-state index in [4.69, 9.17) is 13.9 Å². The van der Waals surface area contributed by atoms with Gasteiger partial charge in [-0.05, 0) is 37.9 Å². The molecule has 0 radical (unpaired) electrons. The number of rotatable bonds is 14. The fourth-order valence-corrected chi connectivity index (χ4v) is 4.02. The third kappa shape index (κ3) is 10.0. The maximum absolute atomic E-state index is 6.73. The minimum atomic E-state index is -1.93. The number of allylic oxidation sites excluding steroid dienone is 2. The second-order valence-corrected chi connectivity index (χ2v) is 13.8. The SMILES string of the molecule is C=CCCC=CCOCC(C)=C[C@@H](C)[C@H](O[Si](C)(C)C(C)(C)C)[C@H](C=C)OC. The molecule has 162 valence electrons. The van der Waals surface area contributed by atoms with Crippen molar-refractivity contribution in [3.8, 4) is 0 Å². The van der Waals surface area contributed by atoms with E-state index >= 15 is 0 Å². The van der Waals surface area contributed by atoms with Gasteiger partial charge in [0.15, 0.2) is 8.32 Å². The number of methoxy groups -OCH3 is 1. The van der Waals surface area contributed by atoms with Gasteiger partial charge < -0.3 is 13.9 Å². The summed E-state index contributed by atoms with van der Waals surface area (Å²) >= 11 is 0. The summed E-state index contributed by atoms with van der Waals surface area (Å²) < 4.78 is 18.2. The molecule has 3 atom stereocenters. The Morgan fingerprint density at radius 1 is 1.11 bits per heavy atom. The van der Waals surface area contributed by atoms with Gasteiger partial charge in [0.1, 0.15) is 6.10 Å². The van der Waals surface area contributed by atoms with Gasteiger partial charge in [-0.1, -0.05) is 63.6 Å². The Kier molecular flexibility index (Phi) is 12.9. The van der Waals surface area contributed by atoms with Crippen LogP contribution in [0.25, 0.3) is 0 Å². The quantitative estimate of drug-likeness (QED) is 0.182. The normalized spacial score (nSPS) is 16.8. The van der Waals surface area contributed by atoms with Crippen LogP contribution >= 0.6 is 0 Å². The third-order valence-corrected chi connectivity index (χ3v) is 9.85. The van der Waals surface area contributed by atoms with Gasteiger partial charge in [-0.15, -0.1) is 13.2 Å². The summed E-state index contributed by atoms with van der Waals surface area (Å²) in [6, 6.07) is 0. The molecule has 4 heteroatoms. The van der Waals surface area contributed by atoms with Crippen LogP contribution in [0.15, 0.2) is 49.1 Å². The summed E-state index contributed by atoms with van der Waals surface area (Å²) in [6.07, 6.45) is 12.1. The molecule has 0 fully saturated rings. The zero-order valence-corrected chi connectivity index (χ0v) is 20.6. The first-order valence-electron chi connectivity index (χ1n) is 10.3. The van der Waals surface area contributed by atoms with E-state index in [0.717, 1.165) is 12.8 Å². The van der Waals surface area contributed by atoms with Crippen LogP contribution in [0.2, 0.25) is 18.1 Å². The van der Waals surface area contributed by atoms with Crippen molar-refractivity contribution in [3.05, 3.63) is 49.1 Å². The largest absolute Gasteiger partial charge is 0.410 e. The first-order chi connectivity index (χ1) is 13.0. The van der Waals surface area contributed by atoms with Crippen molar-refractivity contribution in [1.29, 1.82) is 0 Å². The first-order valence-corrected chi connectivity index (χ1v) is 13.2. The molecule has 0 aromatic carbocycles. The second kappa shape index (κ2) is 13.3. The van der Waals surface area contributed by atoms with E-state index < -0.39 is 8.32 Å². The summed E-state index contributed by atoms with van der Waals surface area (Å²) in [5.74, 6) is 0.198. The molecule has 28 heavy (non-hydrogen) atoms. The Balaban J connectivity index is 5.00. The molecule has 0 aromatic rings. The summed E-state index contributed by atoms with van der Waals surface area (Å²) in [4.78, 5) is 0. The molecule has 0 aromatic heterocycles. The molecule has 0 saturated carbocycles. The van der Waals surface area contributed by atoms with Crippen LogP contribution in [0.5, 0.6) is 0 Å². The highest BCUT2D eigenvalue weighted by Crippen LogP contribution is 2.39. The molecule has 0 amide bonds. The molecular weight excluding hydrogens is 364 g/mol. The van der Waals surface area contributed by atoms with Crippen molar-refractivity contribution in [2.24, 2.45) is 5.92 Å². The highest BCUT2D eigenvalue weighted by molar-refractivity contribution is 6.74. The molecule has 0 saturated heterocycles. The minimum absolute atomic E-state index is 0.0582. The Morgan fingerprint density at radius 3 is 2.25 bits per heavy atom. The number of unbranched alkanes of at least 4 members (excludes halogenated alkanes) is 1. The maximum Gasteiger partial charge on any atom is 0.192 e. The van der Waals surface area contributed by atoms with E-state index in [9.17, 15) is 0 Å². The summed E-state index contributed by atoms with van der Waals surface area (Å²) in [5.41, 5.74) is 1.20. The van der Waals surface area contributed by atoms with Crippen LogP contribution in [0.3, 0.4) is 0 Å². The molecule has 0 rings (SSSR count). The van der Waals surface area contributed by atoms with Gasteiger partial charge in [-0.3, -0.25) is 0 Å². The Hall–Kier alpha value is -0.943. The lowest BCUT2D eigenvalue weighted by molar-refractivity contribution is 0.00584. The number of hydrogen-bond acceptors (Lipinski definition) is 3. The standard InChI is InChI=1S/C24H44O3Si/c1-11-13-14-15-16-17-26-19-20(3)18-21(4)23(22(12-2)25-8)27-28(9,10)24(5,6)7/h11-12,15-16,18,21-23H,1-2,13-14,17,19H2,3-10H3/t21-,22+,23+/m1/s1. The zero-order valence-electron chi connectivity index (χ0n) is 19.6. The highest BCUT2D eigenvalue weighted by Gasteiger charge is 2.41. The van der Waals surface area contributed by atoms with Crippen LogP contribution in [-0.4, -0.2) is 40.8 Å². The fraction of sp³-hybridized carbons (Fsp3) is 0.667. The average molecular weight is 409 g/mol. The monoisotopic (exact) mass is 408 g/mol. The first kappa shape index (κ1) is 27.1. The molecule has 0 aliphatic heterocycles. The topological polar surface area (TPSA) is 27.7 Å². The Bertz CT molecular complexity index is 514. The van der Waals surface area contributed by atoms with E-state index in [1.807, 2.05) is 12.2 Å². The fourth-order valence-electron chi connectivity index (χ4n) is 2.63. The molecule has 0 bridgehead atoms. The van der Waals surface area contributed by atoms with Crippen molar-refractivity contribution in [1.82, 2.24) is 0 Å². The smallest absolute Gasteiger partial charge is 0.192 e. The van der Waals surface area contributed by atoms with Crippen molar-refractivity contribution >= 4 is 8.32 Å². The van der Waals surface area contributed by atoms with E-state index in [1.165, 1.54) is 5.57 Å². The zero-order chi connectivity index (χ0) is 21.8. The van der Waals surface area contributed by atoms with Crippen LogP contribution in [0.1, 0.15) is 47.5 Å². The van der Waals surface area contributed by atoms with Crippen molar-refractivity contribution in [3.63, 3.8) is 0 Å². The molecular formula is C24H44O3Si. The molecule has 0 unspecified atom stereocenters. The Morgan fingerprint density at radius 2 is 1.75 bits per heavy atom.